The summed E-state index contributed by atoms with van der Waals surface area (Å²) in [6.45, 7) is 2.60. The molecule has 0 radical (unpaired) electrons. The quantitative estimate of drug-likeness (QED) is 0.530. The van der Waals surface area contributed by atoms with Gasteiger partial charge in [0.25, 0.3) is 0 Å². The molecular formula is C22H17BrClN3O. The number of amidine groups is 1. The molecule has 4 rings (SSSR count). The second-order valence-electron chi connectivity index (χ2n) is 6.16. The van der Waals surface area contributed by atoms with Crippen molar-refractivity contribution in [2.24, 2.45) is 10.1 Å². The molecule has 28 heavy (non-hydrogen) atoms. The Morgan fingerprint density at radius 3 is 2.39 bits per heavy atom. The minimum atomic E-state index is 0.635. The number of rotatable bonds is 4. The second kappa shape index (κ2) is 8.17. The first-order valence-electron chi connectivity index (χ1n) is 8.85. The van der Waals surface area contributed by atoms with Gasteiger partial charge in [-0.25, -0.2) is 4.99 Å². The molecule has 0 saturated heterocycles. The highest BCUT2D eigenvalue weighted by atomic mass is 79.9. The molecule has 1 N–H and O–H groups in total. The molecule has 0 amide bonds. The molecule has 0 aliphatic carbocycles. The predicted octanol–water partition coefficient (Wildman–Crippen LogP) is 5.94. The Morgan fingerprint density at radius 1 is 0.964 bits per heavy atom. The molecule has 0 atom stereocenters. The molecule has 140 valence electrons. The summed E-state index contributed by atoms with van der Waals surface area (Å²) in [5.41, 5.74) is 7.60. The van der Waals surface area contributed by atoms with Gasteiger partial charge in [-0.15, -0.1) is 0 Å². The van der Waals surface area contributed by atoms with E-state index >= 15 is 0 Å². The van der Waals surface area contributed by atoms with Crippen LogP contribution in [0.4, 0.5) is 5.69 Å². The van der Waals surface area contributed by atoms with Crippen LogP contribution in [0.15, 0.2) is 81.3 Å². The normalized spacial score (nSPS) is 13.0. The number of fused-ring (bicyclic) bond motifs is 1. The molecule has 1 aliphatic heterocycles. The van der Waals surface area contributed by atoms with Gasteiger partial charge in [0, 0.05) is 26.2 Å². The molecule has 6 heteroatoms. The zero-order valence-electron chi connectivity index (χ0n) is 15.1. The highest BCUT2D eigenvalue weighted by Crippen LogP contribution is 2.29. The SMILES string of the molecule is CCOc1ccc(C2=NNC(c3ccc(Cl)cc3)=Nc3ccc(Br)cc32)cc1. The van der Waals surface area contributed by atoms with Crippen LogP contribution in [-0.4, -0.2) is 18.2 Å². The predicted molar refractivity (Wildman–Crippen MR) is 118 cm³/mol. The Kier molecular flexibility index (Phi) is 5.46. The Labute approximate surface area is 177 Å². The third-order valence-electron chi connectivity index (χ3n) is 4.28. The minimum Gasteiger partial charge on any atom is -0.494 e. The van der Waals surface area contributed by atoms with Crippen molar-refractivity contribution in [2.75, 3.05) is 6.61 Å². The highest BCUT2D eigenvalue weighted by Gasteiger charge is 2.17. The lowest BCUT2D eigenvalue weighted by Crippen LogP contribution is -2.19. The van der Waals surface area contributed by atoms with E-state index in [2.05, 4.69) is 26.5 Å². The van der Waals surface area contributed by atoms with Gasteiger partial charge in [-0.3, -0.25) is 5.43 Å². The van der Waals surface area contributed by atoms with E-state index < -0.39 is 0 Å². The standard InChI is InChI=1S/C22H17BrClN3O/c1-2-28-18-10-5-14(6-11-18)21-19-13-16(23)7-12-20(19)25-22(27-26-21)15-3-8-17(24)9-4-15/h3-13H,2H2,1H3,(H,25,27). The average molecular weight is 455 g/mol. The highest BCUT2D eigenvalue weighted by molar-refractivity contribution is 9.10. The van der Waals surface area contributed by atoms with Gasteiger partial charge >= 0.3 is 0 Å². The number of hydrogen-bond acceptors (Lipinski definition) is 4. The zero-order chi connectivity index (χ0) is 19.5. The van der Waals surface area contributed by atoms with E-state index in [1.54, 1.807) is 0 Å². The van der Waals surface area contributed by atoms with Gasteiger partial charge in [0.05, 0.1) is 12.3 Å². The Bertz CT molecular complexity index is 1060. The lowest BCUT2D eigenvalue weighted by Gasteiger charge is -2.09. The monoisotopic (exact) mass is 453 g/mol. The molecule has 0 fully saturated rings. The lowest BCUT2D eigenvalue weighted by molar-refractivity contribution is 0.340. The summed E-state index contributed by atoms with van der Waals surface area (Å²) in [5, 5.41) is 5.35. The Morgan fingerprint density at radius 2 is 1.68 bits per heavy atom. The van der Waals surface area contributed by atoms with Gasteiger partial charge in [-0.1, -0.05) is 27.5 Å². The number of hydrogen-bond donors (Lipinski definition) is 1. The fourth-order valence-electron chi connectivity index (χ4n) is 2.94. The van der Waals surface area contributed by atoms with Crippen molar-refractivity contribution in [2.45, 2.75) is 6.92 Å². The van der Waals surface area contributed by atoms with E-state index in [1.165, 1.54) is 0 Å². The summed E-state index contributed by atoms with van der Waals surface area (Å²) >= 11 is 9.57. The molecule has 0 spiro atoms. The molecule has 0 bridgehead atoms. The summed E-state index contributed by atoms with van der Waals surface area (Å²) in [4.78, 5) is 4.81. The second-order valence-corrected chi connectivity index (χ2v) is 7.51. The first-order valence-corrected chi connectivity index (χ1v) is 10.0. The zero-order valence-corrected chi connectivity index (χ0v) is 17.5. The number of hydrazone groups is 1. The van der Waals surface area contributed by atoms with Crippen molar-refractivity contribution in [3.63, 3.8) is 0 Å². The third-order valence-corrected chi connectivity index (χ3v) is 5.02. The molecule has 0 saturated carbocycles. The topological polar surface area (TPSA) is 46.0 Å². The van der Waals surface area contributed by atoms with Crippen LogP contribution in [0, 0.1) is 0 Å². The van der Waals surface area contributed by atoms with Crippen molar-refractivity contribution in [3.05, 3.63) is 92.9 Å². The summed E-state index contributed by atoms with van der Waals surface area (Å²) in [5.74, 6) is 1.50. The molecule has 1 heterocycles. The smallest absolute Gasteiger partial charge is 0.154 e. The summed E-state index contributed by atoms with van der Waals surface area (Å²) in [7, 11) is 0. The van der Waals surface area contributed by atoms with E-state index in [4.69, 9.17) is 21.3 Å². The van der Waals surface area contributed by atoms with Gasteiger partial charge in [0.2, 0.25) is 0 Å². The van der Waals surface area contributed by atoms with Crippen LogP contribution in [0.3, 0.4) is 0 Å². The molecule has 0 unspecified atom stereocenters. The van der Waals surface area contributed by atoms with Gasteiger partial charge in [0.1, 0.15) is 11.5 Å². The maximum atomic E-state index is 6.02. The average Bonchev–Trinajstić information content (AvgIpc) is 2.89. The first kappa shape index (κ1) is 18.7. The number of ether oxygens (including phenoxy) is 1. The molecular weight excluding hydrogens is 438 g/mol. The van der Waals surface area contributed by atoms with Crippen LogP contribution in [0.25, 0.3) is 0 Å². The van der Waals surface area contributed by atoms with Crippen molar-refractivity contribution in [3.8, 4) is 5.75 Å². The van der Waals surface area contributed by atoms with E-state index in [-0.39, 0.29) is 0 Å². The molecule has 4 nitrogen and oxygen atoms in total. The Hall–Kier alpha value is -2.63. The molecule has 3 aromatic rings. The fraction of sp³-hybridized carbons (Fsp3) is 0.0909. The third kappa shape index (κ3) is 3.96. The van der Waals surface area contributed by atoms with Crippen LogP contribution < -0.4 is 10.2 Å². The number of nitrogens with one attached hydrogen (secondary N) is 1. The van der Waals surface area contributed by atoms with Crippen LogP contribution >= 0.6 is 27.5 Å². The van der Waals surface area contributed by atoms with Crippen LogP contribution in [0.2, 0.25) is 5.02 Å². The van der Waals surface area contributed by atoms with E-state index in [1.807, 2.05) is 73.7 Å². The minimum absolute atomic E-state index is 0.635. The van der Waals surface area contributed by atoms with Crippen molar-refractivity contribution in [1.82, 2.24) is 5.43 Å². The van der Waals surface area contributed by atoms with Crippen molar-refractivity contribution < 1.29 is 4.74 Å². The molecule has 3 aromatic carbocycles. The number of nitrogens with zero attached hydrogens (tertiary/aromatic N) is 2. The van der Waals surface area contributed by atoms with E-state index in [0.717, 1.165) is 38.3 Å². The van der Waals surface area contributed by atoms with Crippen LogP contribution in [-0.2, 0) is 0 Å². The van der Waals surface area contributed by atoms with E-state index in [9.17, 15) is 0 Å². The first-order chi connectivity index (χ1) is 13.6. The maximum absolute atomic E-state index is 6.02. The number of halogens is 2. The lowest BCUT2D eigenvalue weighted by atomic mass is 10.0. The Balaban J connectivity index is 1.79. The van der Waals surface area contributed by atoms with Gasteiger partial charge in [0.15, 0.2) is 5.84 Å². The maximum Gasteiger partial charge on any atom is 0.154 e. The number of aliphatic imine (C=N–C) groups is 1. The van der Waals surface area contributed by atoms with Gasteiger partial charge in [-0.2, -0.15) is 5.10 Å². The van der Waals surface area contributed by atoms with Crippen molar-refractivity contribution in [1.29, 1.82) is 0 Å². The van der Waals surface area contributed by atoms with Crippen molar-refractivity contribution >= 4 is 44.8 Å². The molecule has 1 aliphatic rings. The summed E-state index contributed by atoms with van der Waals surface area (Å²) in [6.07, 6.45) is 0. The van der Waals surface area contributed by atoms with Gasteiger partial charge < -0.3 is 4.74 Å². The van der Waals surface area contributed by atoms with Crippen LogP contribution in [0.5, 0.6) is 5.75 Å². The molecule has 0 aromatic heterocycles. The van der Waals surface area contributed by atoms with E-state index in [0.29, 0.717) is 17.5 Å². The summed E-state index contributed by atoms with van der Waals surface area (Å²) < 4.78 is 6.52. The summed E-state index contributed by atoms with van der Waals surface area (Å²) in [6, 6.07) is 21.4. The largest absolute Gasteiger partial charge is 0.494 e. The number of benzene rings is 3. The van der Waals surface area contributed by atoms with Gasteiger partial charge in [-0.05, 0) is 73.7 Å². The fourth-order valence-corrected chi connectivity index (χ4v) is 3.43. The van der Waals surface area contributed by atoms with Crippen LogP contribution in [0.1, 0.15) is 23.6 Å².